The molecule has 228 valence electrons. The minimum absolute atomic E-state index is 0.000132. The van der Waals surface area contributed by atoms with Crippen molar-refractivity contribution in [2.45, 2.75) is 147 Å². The number of rotatable bonds is 15. The number of carbonyl (C=O) groups is 2. The van der Waals surface area contributed by atoms with Gasteiger partial charge in [-0.05, 0) is 76.0 Å². The molecule has 2 aliphatic heterocycles. The topological polar surface area (TPSA) is 91.3 Å². The molecule has 0 aromatic carbocycles. The molecular weight excluding hydrogens is 508 g/mol. The first-order valence-electron chi connectivity index (χ1n) is 16.5. The van der Waals surface area contributed by atoms with Crippen molar-refractivity contribution in [2.24, 2.45) is 23.7 Å². The summed E-state index contributed by atoms with van der Waals surface area (Å²) in [6.45, 7) is 3.80. The van der Waals surface area contributed by atoms with Crippen LogP contribution in [-0.4, -0.2) is 54.9 Å². The van der Waals surface area contributed by atoms with E-state index in [1.165, 1.54) is 32.1 Å². The first kappa shape index (κ1) is 31.7. The van der Waals surface area contributed by atoms with E-state index in [9.17, 15) is 9.59 Å². The maximum absolute atomic E-state index is 13.3. The molecule has 0 aromatic heterocycles. The summed E-state index contributed by atoms with van der Waals surface area (Å²) in [6, 6.07) is 0. The minimum Gasteiger partial charge on any atom is -0.481 e. The summed E-state index contributed by atoms with van der Waals surface area (Å²) in [7, 11) is 0. The number of hydrogen-bond donors (Lipinski definition) is 1. The molecule has 7 nitrogen and oxygen atoms in total. The summed E-state index contributed by atoms with van der Waals surface area (Å²) in [4.78, 5) is 24.1. The standard InChI is InChI=1S/C33H54O7/c1-2-24-15-17-25(18-16-24)29(39-32-13-7-9-21-37-32)20-19-27-26(11-5-3-4-6-12-31(35)36)28(34)23-30(27)40-33-14-8-10-22-38-33/h19-20,24-27,29-30,32-33H,2-18,21-23H2,1H3,(H,35,36)/t24?,25?,26-,27-,29-,30-,32?,33?/m1/s1. The Morgan fingerprint density at radius 3 is 2.30 bits per heavy atom. The van der Waals surface area contributed by atoms with Crippen LogP contribution in [0.2, 0.25) is 0 Å². The van der Waals surface area contributed by atoms with Gasteiger partial charge in [-0.2, -0.15) is 0 Å². The summed E-state index contributed by atoms with van der Waals surface area (Å²) in [6.07, 6.45) is 21.4. The van der Waals surface area contributed by atoms with E-state index in [-0.39, 0.29) is 48.8 Å². The molecule has 2 unspecified atom stereocenters. The van der Waals surface area contributed by atoms with Crippen molar-refractivity contribution < 1.29 is 33.6 Å². The third kappa shape index (κ3) is 9.92. The van der Waals surface area contributed by atoms with Gasteiger partial charge < -0.3 is 24.1 Å². The molecule has 0 radical (unpaired) electrons. The highest BCUT2D eigenvalue weighted by Crippen LogP contribution is 2.39. The smallest absolute Gasteiger partial charge is 0.303 e. The zero-order valence-electron chi connectivity index (χ0n) is 24.8. The second-order valence-electron chi connectivity index (χ2n) is 12.6. The molecule has 4 fully saturated rings. The fourth-order valence-electron chi connectivity index (χ4n) is 7.19. The van der Waals surface area contributed by atoms with Gasteiger partial charge in [-0.15, -0.1) is 0 Å². The predicted molar refractivity (Wildman–Crippen MR) is 154 cm³/mol. The number of carboxylic acid groups (broad SMARTS) is 1. The van der Waals surface area contributed by atoms with E-state index in [1.807, 2.05) is 0 Å². The van der Waals surface area contributed by atoms with E-state index in [1.54, 1.807) is 0 Å². The Morgan fingerprint density at radius 1 is 0.950 bits per heavy atom. The average Bonchev–Trinajstić information content (AvgIpc) is 3.27. The molecule has 0 bridgehead atoms. The van der Waals surface area contributed by atoms with E-state index in [0.29, 0.717) is 18.8 Å². The number of carbonyl (C=O) groups excluding carboxylic acids is 1. The normalized spacial score (nSPS) is 34.3. The number of aliphatic carboxylic acids is 1. The van der Waals surface area contributed by atoms with Crippen LogP contribution in [-0.2, 0) is 28.5 Å². The van der Waals surface area contributed by atoms with Crippen molar-refractivity contribution in [1.29, 1.82) is 0 Å². The number of unbranched alkanes of at least 4 members (excludes halogenated alkanes) is 3. The Bertz CT molecular complexity index is 778. The molecule has 2 aliphatic carbocycles. The van der Waals surface area contributed by atoms with E-state index in [2.05, 4.69) is 19.1 Å². The molecule has 40 heavy (non-hydrogen) atoms. The first-order chi connectivity index (χ1) is 19.5. The van der Waals surface area contributed by atoms with E-state index < -0.39 is 5.97 Å². The largest absolute Gasteiger partial charge is 0.481 e. The number of ether oxygens (including phenoxy) is 4. The van der Waals surface area contributed by atoms with Crippen molar-refractivity contribution in [3.8, 4) is 0 Å². The van der Waals surface area contributed by atoms with Gasteiger partial charge in [0.15, 0.2) is 12.6 Å². The predicted octanol–water partition coefficient (Wildman–Crippen LogP) is 7.21. The SMILES string of the molecule is CCC1CCC([C@@H](C=C[C@H]2[C@H](OC3CCCCO3)CC(=O)[C@@H]2CCCCCCC(=O)O)OC2CCCCO2)CC1. The molecule has 2 saturated carbocycles. The fourth-order valence-corrected chi connectivity index (χ4v) is 7.19. The van der Waals surface area contributed by atoms with Gasteiger partial charge in [-0.1, -0.05) is 57.6 Å². The summed E-state index contributed by atoms with van der Waals surface area (Å²) in [5, 5.41) is 8.91. The van der Waals surface area contributed by atoms with Gasteiger partial charge in [-0.25, -0.2) is 0 Å². The van der Waals surface area contributed by atoms with Gasteiger partial charge in [0.05, 0.1) is 12.2 Å². The van der Waals surface area contributed by atoms with Crippen molar-refractivity contribution in [3.63, 3.8) is 0 Å². The molecule has 0 spiro atoms. The Labute approximate surface area is 241 Å². The van der Waals surface area contributed by atoms with Crippen LogP contribution >= 0.6 is 0 Å². The Hall–Kier alpha value is -1.28. The highest BCUT2D eigenvalue weighted by Gasteiger charge is 2.43. The second kappa shape index (κ2) is 17.0. The van der Waals surface area contributed by atoms with Crippen LogP contribution in [0.1, 0.15) is 122 Å². The van der Waals surface area contributed by atoms with Crippen LogP contribution < -0.4 is 0 Å². The highest BCUT2D eigenvalue weighted by molar-refractivity contribution is 5.84. The van der Waals surface area contributed by atoms with E-state index in [4.69, 9.17) is 24.1 Å². The van der Waals surface area contributed by atoms with Gasteiger partial charge >= 0.3 is 5.97 Å². The summed E-state index contributed by atoms with van der Waals surface area (Å²) in [5.41, 5.74) is 0. The third-order valence-corrected chi connectivity index (χ3v) is 9.73. The van der Waals surface area contributed by atoms with Gasteiger partial charge in [0, 0.05) is 37.9 Å². The summed E-state index contributed by atoms with van der Waals surface area (Å²) < 4.78 is 25.0. The number of Topliss-reactive ketones (excluding diaryl/α,β-unsaturated/α-hetero) is 1. The van der Waals surface area contributed by atoms with Crippen molar-refractivity contribution in [3.05, 3.63) is 12.2 Å². The van der Waals surface area contributed by atoms with E-state index in [0.717, 1.165) is 83.3 Å². The lowest BCUT2D eigenvalue weighted by Gasteiger charge is -2.35. The van der Waals surface area contributed by atoms with Crippen LogP contribution in [0.25, 0.3) is 0 Å². The van der Waals surface area contributed by atoms with Crippen LogP contribution in [0, 0.1) is 23.7 Å². The summed E-state index contributed by atoms with van der Waals surface area (Å²) >= 11 is 0. The van der Waals surface area contributed by atoms with Gasteiger partial charge in [0.25, 0.3) is 0 Å². The monoisotopic (exact) mass is 562 g/mol. The zero-order chi connectivity index (χ0) is 28.2. The van der Waals surface area contributed by atoms with Gasteiger partial charge in [0.1, 0.15) is 5.78 Å². The van der Waals surface area contributed by atoms with Crippen molar-refractivity contribution in [2.75, 3.05) is 13.2 Å². The highest BCUT2D eigenvalue weighted by atomic mass is 16.7. The fraction of sp³-hybridized carbons (Fsp3) is 0.879. The number of carboxylic acids is 1. The van der Waals surface area contributed by atoms with Crippen LogP contribution in [0.5, 0.6) is 0 Å². The maximum atomic E-state index is 13.3. The quantitative estimate of drug-likeness (QED) is 0.166. The molecule has 4 aliphatic rings. The molecule has 2 heterocycles. The second-order valence-corrected chi connectivity index (χ2v) is 12.6. The molecule has 7 heteroatoms. The molecule has 0 aromatic rings. The molecule has 4 rings (SSSR count). The van der Waals surface area contributed by atoms with Crippen LogP contribution in [0.4, 0.5) is 0 Å². The minimum atomic E-state index is -0.736. The zero-order valence-corrected chi connectivity index (χ0v) is 24.8. The van der Waals surface area contributed by atoms with Gasteiger partial charge in [0.2, 0.25) is 0 Å². The maximum Gasteiger partial charge on any atom is 0.303 e. The molecule has 2 saturated heterocycles. The van der Waals surface area contributed by atoms with E-state index >= 15 is 0 Å². The molecule has 6 atom stereocenters. The van der Waals surface area contributed by atoms with Gasteiger partial charge in [-0.3, -0.25) is 9.59 Å². The average molecular weight is 563 g/mol. The van der Waals surface area contributed by atoms with Crippen LogP contribution in [0.3, 0.4) is 0 Å². The molecule has 1 N–H and O–H groups in total. The first-order valence-corrected chi connectivity index (χ1v) is 16.5. The molecular formula is C33H54O7. The van der Waals surface area contributed by atoms with Crippen molar-refractivity contribution in [1.82, 2.24) is 0 Å². The lowest BCUT2D eigenvalue weighted by molar-refractivity contribution is -0.193. The Balaban J connectivity index is 1.44. The Kier molecular flexibility index (Phi) is 13.4. The Morgan fingerprint density at radius 2 is 1.65 bits per heavy atom. The van der Waals surface area contributed by atoms with Crippen molar-refractivity contribution >= 4 is 11.8 Å². The third-order valence-electron chi connectivity index (χ3n) is 9.73. The lowest BCUT2D eigenvalue weighted by Crippen LogP contribution is -2.34. The number of hydrogen-bond acceptors (Lipinski definition) is 6. The number of ketones is 1. The summed E-state index contributed by atoms with van der Waals surface area (Å²) in [5.74, 6) is 0.814. The van der Waals surface area contributed by atoms with Crippen LogP contribution in [0.15, 0.2) is 12.2 Å². The molecule has 0 amide bonds. The lowest BCUT2D eigenvalue weighted by atomic mass is 9.78.